The molecule has 0 heterocycles. The number of unbranched alkanes of at least 4 members (excludes halogenated alkanes) is 9. The summed E-state index contributed by atoms with van der Waals surface area (Å²) in [5, 5.41) is 0. The minimum absolute atomic E-state index is 0.742. The summed E-state index contributed by atoms with van der Waals surface area (Å²) >= 11 is 0. The molecule has 0 atom stereocenters. The minimum Gasteiger partial charge on any atom is -0.494 e. The lowest BCUT2D eigenvalue weighted by atomic mass is 10.1. The largest absolute Gasteiger partial charge is 0.494 e. The van der Waals surface area contributed by atoms with Gasteiger partial charge in [-0.1, -0.05) is 77.9 Å². The standard InChI is InChI=1S/C17H32O/c1-5-6-7-8-9-10-11-12-13-14-15-18-17(4)16(2)3/h2,4-15H2,1,3H3. The summed E-state index contributed by atoms with van der Waals surface area (Å²) in [4.78, 5) is 0. The average Bonchev–Trinajstić information content (AvgIpc) is 2.35. The number of hydrogen-bond acceptors (Lipinski definition) is 1. The minimum atomic E-state index is 0.742. The van der Waals surface area contributed by atoms with Gasteiger partial charge in [-0.05, 0) is 18.9 Å². The quantitative estimate of drug-likeness (QED) is 0.221. The number of hydrogen-bond donors (Lipinski definition) is 0. The number of rotatable bonds is 13. The molecule has 0 saturated carbocycles. The number of allylic oxidation sites excluding steroid dienone is 1. The Labute approximate surface area is 114 Å². The van der Waals surface area contributed by atoms with Gasteiger partial charge in [0.05, 0.1) is 6.61 Å². The summed E-state index contributed by atoms with van der Waals surface area (Å²) in [6.45, 7) is 12.6. The zero-order valence-electron chi connectivity index (χ0n) is 12.6. The van der Waals surface area contributed by atoms with E-state index in [1.807, 2.05) is 6.92 Å². The summed E-state index contributed by atoms with van der Waals surface area (Å²) in [5.41, 5.74) is 0.932. The van der Waals surface area contributed by atoms with Crippen LogP contribution in [-0.2, 0) is 4.74 Å². The van der Waals surface area contributed by atoms with Gasteiger partial charge < -0.3 is 4.74 Å². The topological polar surface area (TPSA) is 9.23 Å². The van der Waals surface area contributed by atoms with Gasteiger partial charge in [-0.15, -0.1) is 0 Å². The van der Waals surface area contributed by atoms with Crippen molar-refractivity contribution in [2.75, 3.05) is 6.61 Å². The first-order chi connectivity index (χ1) is 8.68. The molecular formula is C17H32O. The summed E-state index contributed by atoms with van der Waals surface area (Å²) < 4.78 is 5.48. The Balaban J connectivity index is 3.07. The van der Waals surface area contributed by atoms with Crippen molar-refractivity contribution in [3.05, 3.63) is 24.5 Å². The highest BCUT2D eigenvalue weighted by atomic mass is 16.5. The number of ether oxygens (including phenoxy) is 1. The summed E-state index contributed by atoms with van der Waals surface area (Å²) in [5.74, 6) is 0.742. The molecule has 0 radical (unpaired) electrons. The molecule has 0 N–H and O–H groups in total. The van der Waals surface area contributed by atoms with E-state index < -0.39 is 0 Å². The van der Waals surface area contributed by atoms with Gasteiger partial charge in [0, 0.05) is 0 Å². The van der Waals surface area contributed by atoms with E-state index in [9.17, 15) is 0 Å². The Bertz CT molecular complexity index is 218. The fourth-order valence-electron chi connectivity index (χ4n) is 1.91. The van der Waals surface area contributed by atoms with Gasteiger partial charge >= 0.3 is 0 Å². The Morgan fingerprint density at radius 1 is 0.778 bits per heavy atom. The van der Waals surface area contributed by atoms with Crippen molar-refractivity contribution in [1.82, 2.24) is 0 Å². The molecule has 0 rings (SSSR count). The van der Waals surface area contributed by atoms with Gasteiger partial charge in [-0.2, -0.15) is 0 Å². The van der Waals surface area contributed by atoms with Gasteiger partial charge in [0.15, 0.2) is 0 Å². The van der Waals surface area contributed by atoms with Gasteiger partial charge in [0.1, 0.15) is 5.76 Å². The molecule has 18 heavy (non-hydrogen) atoms. The molecule has 0 aromatic heterocycles. The van der Waals surface area contributed by atoms with Crippen molar-refractivity contribution < 1.29 is 4.74 Å². The van der Waals surface area contributed by atoms with Gasteiger partial charge in [-0.3, -0.25) is 0 Å². The maximum Gasteiger partial charge on any atom is 0.114 e. The van der Waals surface area contributed by atoms with Crippen LogP contribution >= 0.6 is 0 Å². The van der Waals surface area contributed by atoms with Crippen molar-refractivity contribution in [2.45, 2.75) is 78.1 Å². The molecule has 0 aliphatic carbocycles. The molecule has 0 saturated heterocycles. The van der Waals surface area contributed by atoms with Gasteiger partial charge in [0.25, 0.3) is 0 Å². The smallest absolute Gasteiger partial charge is 0.114 e. The SMILES string of the molecule is C=C(C)C(=C)OCCCCCCCCCCCC. The molecule has 0 aliphatic rings. The van der Waals surface area contributed by atoms with Crippen LogP contribution in [0.1, 0.15) is 78.1 Å². The molecule has 0 unspecified atom stereocenters. The zero-order valence-corrected chi connectivity index (χ0v) is 12.6. The van der Waals surface area contributed by atoms with Crippen LogP contribution in [0, 0.1) is 0 Å². The van der Waals surface area contributed by atoms with E-state index in [-0.39, 0.29) is 0 Å². The summed E-state index contributed by atoms with van der Waals surface area (Å²) in [6, 6.07) is 0. The van der Waals surface area contributed by atoms with Crippen LogP contribution in [0.5, 0.6) is 0 Å². The highest BCUT2D eigenvalue weighted by Gasteiger charge is 1.96. The molecule has 0 bridgehead atoms. The molecular weight excluding hydrogens is 220 g/mol. The highest BCUT2D eigenvalue weighted by Crippen LogP contribution is 2.11. The second kappa shape index (κ2) is 12.7. The lowest BCUT2D eigenvalue weighted by Gasteiger charge is -2.08. The van der Waals surface area contributed by atoms with Crippen molar-refractivity contribution in [3.63, 3.8) is 0 Å². The van der Waals surface area contributed by atoms with Crippen molar-refractivity contribution in [2.24, 2.45) is 0 Å². The lowest BCUT2D eigenvalue weighted by Crippen LogP contribution is -1.94. The van der Waals surface area contributed by atoms with Crippen molar-refractivity contribution in [1.29, 1.82) is 0 Å². The predicted octanol–water partition coefficient (Wildman–Crippen LogP) is 6.01. The first kappa shape index (κ1) is 17.3. The molecule has 1 heteroatoms. The van der Waals surface area contributed by atoms with Crippen LogP contribution in [0.4, 0.5) is 0 Å². The van der Waals surface area contributed by atoms with Gasteiger partial charge in [-0.25, -0.2) is 0 Å². The average molecular weight is 252 g/mol. The zero-order chi connectivity index (χ0) is 13.6. The lowest BCUT2D eigenvalue weighted by molar-refractivity contribution is 0.214. The molecule has 0 spiro atoms. The third kappa shape index (κ3) is 11.8. The first-order valence-corrected chi connectivity index (χ1v) is 7.66. The van der Waals surface area contributed by atoms with E-state index in [2.05, 4.69) is 20.1 Å². The highest BCUT2D eigenvalue weighted by molar-refractivity contribution is 5.15. The Morgan fingerprint density at radius 3 is 1.67 bits per heavy atom. The second-order valence-corrected chi connectivity index (χ2v) is 5.23. The van der Waals surface area contributed by atoms with E-state index in [1.165, 1.54) is 57.8 Å². The molecule has 0 aromatic carbocycles. The maximum atomic E-state index is 5.48. The van der Waals surface area contributed by atoms with E-state index in [0.29, 0.717) is 0 Å². The molecule has 106 valence electrons. The molecule has 0 fully saturated rings. The molecule has 1 nitrogen and oxygen atoms in total. The van der Waals surface area contributed by atoms with Crippen LogP contribution < -0.4 is 0 Å². The third-order valence-electron chi connectivity index (χ3n) is 3.25. The summed E-state index contributed by atoms with van der Waals surface area (Å²) in [6.07, 6.45) is 13.6. The van der Waals surface area contributed by atoms with Crippen molar-refractivity contribution in [3.8, 4) is 0 Å². The fourth-order valence-corrected chi connectivity index (χ4v) is 1.91. The summed E-state index contributed by atoms with van der Waals surface area (Å²) in [7, 11) is 0. The molecule has 0 aliphatic heterocycles. The van der Waals surface area contributed by atoms with E-state index in [4.69, 9.17) is 4.74 Å². The van der Waals surface area contributed by atoms with Crippen LogP contribution in [0.3, 0.4) is 0 Å². The van der Waals surface area contributed by atoms with Crippen molar-refractivity contribution >= 4 is 0 Å². The van der Waals surface area contributed by atoms with Crippen LogP contribution in [0.15, 0.2) is 24.5 Å². The van der Waals surface area contributed by atoms with Crippen LogP contribution in [0.25, 0.3) is 0 Å². The van der Waals surface area contributed by atoms with E-state index in [0.717, 1.165) is 24.4 Å². The van der Waals surface area contributed by atoms with Crippen LogP contribution in [0.2, 0.25) is 0 Å². The first-order valence-electron chi connectivity index (χ1n) is 7.66. The predicted molar refractivity (Wildman–Crippen MR) is 81.8 cm³/mol. The third-order valence-corrected chi connectivity index (χ3v) is 3.25. The maximum absolute atomic E-state index is 5.48. The normalized spacial score (nSPS) is 10.3. The molecule has 0 aromatic rings. The Kier molecular flexibility index (Phi) is 12.2. The fraction of sp³-hybridized carbons (Fsp3) is 0.765. The Morgan fingerprint density at radius 2 is 1.22 bits per heavy atom. The van der Waals surface area contributed by atoms with Gasteiger partial charge in [0.2, 0.25) is 0 Å². The van der Waals surface area contributed by atoms with Crippen LogP contribution in [-0.4, -0.2) is 6.61 Å². The Hall–Kier alpha value is -0.720. The second-order valence-electron chi connectivity index (χ2n) is 5.23. The van der Waals surface area contributed by atoms with E-state index >= 15 is 0 Å². The monoisotopic (exact) mass is 252 g/mol. The molecule has 0 amide bonds. The van der Waals surface area contributed by atoms with E-state index in [1.54, 1.807) is 0 Å².